The van der Waals surface area contributed by atoms with E-state index in [0.717, 1.165) is 24.1 Å². The van der Waals surface area contributed by atoms with Crippen molar-refractivity contribution in [2.45, 2.75) is 39.5 Å². The summed E-state index contributed by atoms with van der Waals surface area (Å²) in [6.07, 6.45) is 1.97. The van der Waals surface area contributed by atoms with Crippen molar-refractivity contribution in [1.82, 2.24) is 14.6 Å². The van der Waals surface area contributed by atoms with Crippen molar-refractivity contribution in [3.8, 4) is 17.1 Å². The third-order valence-corrected chi connectivity index (χ3v) is 5.00. The number of nitrogens with one attached hydrogen (secondary N) is 1. The first-order valence-corrected chi connectivity index (χ1v) is 8.84. The predicted molar refractivity (Wildman–Crippen MR) is 101 cm³/mol. The summed E-state index contributed by atoms with van der Waals surface area (Å²) in [6, 6.07) is 7.36. The van der Waals surface area contributed by atoms with Crippen LogP contribution in [0, 0.1) is 6.92 Å². The molecule has 6 heteroatoms. The highest BCUT2D eigenvalue weighted by Gasteiger charge is 2.19. The van der Waals surface area contributed by atoms with Crippen molar-refractivity contribution in [3.63, 3.8) is 0 Å². The second-order valence-corrected chi connectivity index (χ2v) is 6.57. The quantitative estimate of drug-likeness (QED) is 0.726. The van der Waals surface area contributed by atoms with Gasteiger partial charge in [-0.3, -0.25) is 4.79 Å². The Kier molecular flexibility index (Phi) is 4.86. The summed E-state index contributed by atoms with van der Waals surface area (Å²) in [5.74, 6) is 1.45. The van der Waals surface area contributed by atoms with E-state index in [2.05, 4.69) is 30.0 Å². The maximum absolute atomic E-state index is 12.8. The molecule has 132 valence electrons. The molecular weight excluding hydrogens is 338 g/mol. The number of hydrogen-bond donors (Lipinski definition) is 1. The number of aromatic nitrogens is 3. The van der Waals surface area contributed by atoms with Gasteiger partial charge in [0.2, 0.25) is 0 Å². The fraction of sp³-hybridized carbons (Fsp3) is 0.368. The van der Waals surface area contributed by atoms with Crippen molar-refractivity contribution in [2.24, 2.45) is 0 Å². The fourth-order valence-corrected chi connectivity index (χ4v) is 3.54. The second-order valence-electron chi connectivity index (χ2n) is 6.16. The van der Waals surface area contributed by atoms with Gasteiger partial charge < -0.3 is 9.72 Å². The minimum Gasteiger partial charge on any atom is -0.497 e. The van der Waals surface area contributed by atoms with Gasteiger partial charge in [0.1, 0.15) is 11.3 Å². The summed E-state index contributed by atoms with van der Waals surface area (Å²) in [7, 11) is 1.58. The zero-order valence-electron chi connectivity index (χ0n) is 14.9. The maximum atomic E-state index is 12.8. The van der Waals surface area contributed by atoms with Crippen molar-refractivity contribution in [3.05, 3.63) is 50.9 Å². The Labute approximate surface area is 151 Å². The number of fused-ring (bicyclic) bond motifs is 1. The van der Waals surface area contributed by atoms with E-state index in [1.165, 1.54) is 0 Å². The molecule has 0 aliphatic rings. The first-order chi connectivity index (χ1) is 12.0. The minimum atomic E-state index is -0.146. The van der Waals surface area contributed by atoms with Gasteiger partial charge >= 0.3 is 0 Å². The molecule has 3 aromatic rings. The average molecular weight is 360 g/mol. The average Bonchev–Trinajstić information content (AvgIpc) is 2.93. The molecule has 0 aliphatic carbocycles. The van der Waals surface area contributed by atoms with Crippen LogP contribution in [0.3, 0.4) is 0 Å². The van der Waals surface area contributed by atoms with Crippen LogP contribution in [0.1, 0.15) is 43.9 Å². The number of nitrogens with zero attached hydrogens (tertiary/aromatic N) is 2. The number of hydrogen-bond acceptors (Lipinski definition) is 3. The van der Waals surface area contributed by atoms with Crippen LogP contribution in [-0.2, 0) is 0 Å². The van der Waals surface area contributed by atoms with Gasteiger partial charge in [-0.15, -0.1) is 5.10 Å². The van der Waals surface area contributed by atoms with Gasteiger partial charge in [-0.25, -0.2) is 4.52 Å². The summed E-state index contributed by atoms with van der Waals surface area (Å²) in [4.78, 5) is 15.7. The second kappa shape index (κ2) is 6.92. The van der Waals surface area contributed by atoms with E-state index in [4.69, 9.17) is 16.3 Å². The molecule has 0 saturated heterocycles. The highest BCUT2D eigenvalue weighted by atomic mass is 35.5. The van der Waals surface area contributed by atoms with Crippen LogP contribution in [0.5, 0.6) is 5.75 Å². The number of benzene rings is 1. The molecule has 0 fully saturated rings. The summed E-state index contributed by atoms with van der Waals surface area (Å²) in [6.45, 7) is 6.24. The number of halogens is 1. The first kappa shape index (κ1) is 17.5. The molecule has 0 atom stereocenters. The normalized spacial score (nSPS) is 11.4. The number of methoxy groups -OCH3 is 1. The van der Waals surface area contributed by atoms with Crippen LogP contribution in [0.25, 0.3) is 16.9 Å². The van der Waals surface area contributed by atoms with E-state index in [-0.39, 0.29) is 5.56 Å². The molecule has 3 rings (SSSR count). The molecule has 0 saturated carbocycles. The number of aromatic amines is 1. The van der Waals surface area contributed by atoms with Crippen LogP contribution in [0.4, 0.5) is 0 Å². The molecule has 5 nitrogen and oxygen atoms in total. The minimum absolute atomic E-state index is 0.146. The molecule has 0 aliphatic heterocycles. The lowest BCUT2D eigenvalue weighted by molar-refractivity contribution is 0.415. The number of H-pyrrole nitrogens is 1. The predicted octanol–water partition coefficient (Wildman–Crippen LogP) is 4.56. The molecule has 25 heavy (non-hydrogen) atoms. The highest BCUT2D eigenvalue weighted by Crippen LogP contribution is 2.30. The molecule has 1 N–H and O–H groups in total. The summed E-state index contributed by atoms with van der Waals surface area (Å²) < 4.78 is 6.90. The highest BCUT2D eigenvalue weighted by molar-refractivity contribution is 6.33. The SMILES string of the molecule is CCC(CC)c1cc(C)n2nc(-c3ccc(OC)cc3Cl)[nH]c(=O)c12. The molecule has 2 aromatic heterocycles. The van der Waals surface area contributed by atoms with Gasteiger partial charge in [0.25, 0.3) is 5.56 Å². The molecule has 2 heterocycles. The van der Waals surface area contributed by atoms with Crippen LogP contribution in [0.15, 0.2) is 29.1 Å². The van der Waals surface area contributed by atoms with Gasteiger partial charge in [-0.2, -0.15) is 0 Å². The molecule has 0 bridgehead atoms. The zero-order valence-corrected chi connectivity index (χ0v) is 15.6. The van der Waals surface area contributed by atoms with Crippen molar-refractivity contribution in [1.29, 1.82) is 0 Å². The van der Waals surface area contributed by atoms with Gasteiger partial charge in [0.05, 0.1) is 12.1 Å². The summed E-state index contributed by atoms with van der Waals surface area (Å²) in [5, 5.41) is 5.11. The van der Waals surface area contributed by atoms with Gasteiger partial charge in [0, 0.05) is 11.3 Å². The van der Waals surface area contributed by atoms with Crippen molar-refractivity contribution < 1.29 is 4.74 Å². The third kappa shape index (κ3) is 3.04. The summed E-state index contributed by atoms with van der Waals surface area (Å²) in [5.41, 5.74) is 3.14. The van der Waals surface area contributed by atoms with E-state index in [0.29, 0.717) is 33.6 Å². The molecule has 0 spiro atoms. The molecule has 1 aromatic carbocycles. The van der Waals surface area contributed by atoms with Gasteiger partial charge in [0.15, 0.2) is 5.82 Å². The van der Waals surface area contributed by atoms with Gasteiger partial charge in [-0.05, 0) is 55.5 Å². The Morgan fingerprint density at radius 1 is 1.28 bits per heavy atom. The van der Waals surface area contributed by atoms with Crippen LogP contribution >= 0.6 is 11.6 Å². The van der Waals surface area contributed by atoms with Gasteiger partial charge in [-0.1, -0.05) is 25.4 Å². The number of ether oxygens (including phenoxy) is 1. The van der Waals surface area contributed by atoms with E-state index < -0.39 is 0 Å². The standard InChI is InChI=1S/C19H22ClN3O2/c1-5-12(6-2)15-9-11(3)23-17(15)19(24)21-18(22-23)14-8-7-13(25-4)10-16(14)20/h7-10,12H,5-6H2,1-4H3,(H,21,22,24). The van der Waals surface area contributed by atoms with Crippen LogP contribution in [0.2, 0.25) is 5.02 Å². The molecule has 0 unspecified atom stereocenters. The monoisotopic (exact) mass is 359 g/mol. The largest absolute Gasteiger partial charge is 0.497 e. The number of aryl methyl sites for hydroxylation is 1. The fourth-order valence-electron chi connectivity index (χ4n) is 3.28. The van der Waals surface area contributed by atoms with Crippen molar-refractivity contribution >= 4 is 17.1 Å². The lowest BCUT2D eigenvalue weighted by Gasteiger charge is -2.11. The lowest BCUT2D eigenvalue weighted by Crippen LogP contribution is -2.16. The topological polar surface area (TPSA) is 59.4 Å². The third-order valence-electron chi connectivity index (χ3n) is 4.69. The number of rotatable bonds is 5. The zero-order chi connectivity index (χ0) is 18.1. The smallest absolute Gasteiger partial charge is 0.275 e. The van der Waals surface area contributed by atoms with E-state index in [9.17, 15) is 4.79 Å². The first-order valence-electron chi connectivity index (χ1n) is 8.46. The Bertz CT molecular complexity index is 971. The Morgan fingerprint density at radius 3 is 2.60 bits per heavy atom. The molecule has 0 radical (unpaired) electrons. The lowest BCUT2D eigenvalue weighted by atomic mass is 9.95. The van der Waals surface area contributed by atoms with E-state index >= 15 is 0 Å². The van der Waals surface area contributed by atoms with E-state index in [1.807, 2.05) is 6.92 Å². The van der Waals surface area contributed by atoms with Crippen LogP contribution in [-0.4, -0.2) is 21.7 Å². The van der Waals surface area contributed by atoms with Crippen LogP contribution < -0.4 is 10.3 Å². The van der Waals surface area contributed by atoms with Crippen molar-refractivity contribution in [2.75, 3.05) is 7.11 Å². The molecular formula is C19H22ClN3O2. The summed E-state index contributed by atoms with van der Waals surface area (Å²) >= 11 is 6.34. The Hall–Kier alpha value is -2.27. The van der Waals surface area contributed by atoms with E-state index in [1.54, 1.807) is 29.8 Å². The molecule has 0 amide bonds. The maximum Gasteiger partial charge on any atom is 0.275 e. The Morgan fingerprint density at radius 2 is 2.00 bits per heavy atom. The Balaban J connectivity index is 2.21.